The molecule has 1 aliphatic rings. The maximum atomic E-state index is 14.3. The monoisotopic (exact) mass is 521 g/mol. The van der Waals surface area contributed by atoms with Crippen molar-refractivity contribution in [3.05, 3.63) is 100 Å². The SMILES string of the molecule is Cn1nc(C(=O)N(CCOc2ccc(C=O)cc2F)Cc2ccccc2)c2c1-c1cc(F)c(F)cc1OC2. The van der Waals surface area contributed by atoms with Gasteiger partial charge in [0.15, 0.2) is 28.9 Å². The van der Waals surface area contributed by atoms with E-state index >= 15 is 0 Å². The summed E-state index contributed by atoms with van der Waals surface area (Å²) in [5.74, 6) is -3.07. The molecule has 0 saturated carbocycles. The summed E-state index contributed by atoms with van der Waals surface area (Å²) in [5, 5.41) is 4.40. The van der Waals surface area contributed by atoms with Crippen molar-refractivity contribution in [3.63, 3.8) is 0 Å². The number of rotatable bonds is 8. The van der Waals surface area contributed by atoms with Crippen LogP contribution in [0.15, 0.2) is 60.7 Å². The molecule has 3 aromatic carbocycles. The van der Waals surface area contributed by atoms with Gasteiger partial charge in [0.05, 0.1) is 12.2 Å². The van der Waals surface area contributed by atoms with Gasteiger partial charge in [-0.2, -0.15) is 5.10 Å². The number of aryl methyl sites for hydroxylation is 1. The van der Waals surface area contributed by atoms with Crippen LogP contribution in [-0.2, 0) is 20.2 Å². The zero-order valence-corrected chi connectivity index (χ0v) is 20.3. The van der Waals surface area contributed by atoms with Crippen molar-refractivity contribution in [1.82, 2.24) is 14.7 Å². The van der Waals surface area contributed by atoms with Crippen LogP contribution in [0.3, 0.4) is 0 Å². The zero-order valence-electron chi connectivity index (χ0n) is 20.3. The van der Waals surface area contributed by atoms with Crippen molar-refractivity contribution in [2.45, 2.75) is 13.2 Å². The number of aldehydes is 1. The molecule has 0 N–H and O–H groups in total. The highest BCUT2D eigenvalue weighted by atomic mass is 19.2. The molecule has 7 nitrogen and oxygen atoms in total. The van der Waals surface area contributed by atoms with Gasteiger partial charge in [-0.15, -0.1) is 0 Å². The van der Waals surface area contributed by atoms with E-state index in [4.69, 9.17) is 9.47 Å². The summed E-state index contributed by atoms with van der Waals surface area (Å²) >= 11 is 0. The molecule has 0 unspecified atom stereocenters. The summed E-state index contributed by atoms with van der Waals surface area (Å²) in [6.07, 6.45) is 0.535. The van der Waals surface area contributed by atoms with Crippen molar-refractivity contribution in [3.8, 4) is 22.8 Å². The zero-order chi connectivity index (χ0) is 26.8. The minimum Gasteiger partial charge on any atom is -0.489 e. The largest absolute Gasteiger partial charge is 0.489 e. The third-order valence-corrected chi connectivity index (χ3v) is 6.21. The number of halogens is 3. The van der Waals surface area contributed by atoms with Crippen LogP contribution in [-0.4, -0.2) is 40.0 Å². The number of amides is 1. The van der Waals surface area contributed by atoms with Crippen molar-refractivity contribution >= 4 is 12.2 Å². The summed E-state index contributed by atoms with van der Waals surface area (Å²) in [6, 6.07) is 15.1. The van der Waals surface area contributed by atoms with Gasteiger partial charge in [0, 0.05) is 36.3 Å². The van der Waals surface area contributed by atoms with Crippen LogP contribution in [0.1, 0.15) is 32.0 Å². The van der Waals surface area contributed by atoms with E-state index in [1.165, 1.54) is 21.7 Å². The van der Waals surface area contributed by atoms with E-state index < -0.39 is 23.4 Å². The number of aromatic nitrogens is 2. The minimum atomic E-state index is -1.04. The fraction of sp³-hybridized carbons (Fsp3) is 0.179. The highest BCUT2D eigenvalue weighted by Gasteiger charge is 2.31. The lowest BCUT2D eigenvalue weighted by Gasteiger charge is -2.24. The topological polar surface area (TPSA) is 73.7 Å². The Balaban J connectivity index is 1.42. The molecule has 194 valence electrons. The lowest BCUT2D eigenvalue weighted by molar-refractivity contribution is 0.0705. The molecule has 2 heterocycles. The fourth-order valence-electron chi connectivity index (χ4n) is 4.38. The Kier molecular flexibility index (Phi) is 6.87. The van der Waals surface area contributed by atoms with Crippen LogP contribution >= 0.6 is 0 Å². The van der Waals surface area contributed by atoms with Gasteiger partial charge in [0.1, 0.15) is 25.2 Å². The Labute approximate surface area is 216 Å². The van der Waals surface area contributed by atoms with E-state index in [0.29, 0.717) is 23.1 Å². The van der Waals surface area contributed by atoms with E-state index in [0.717, 1.165) is 23.8 Å². The van der Waals surface area contributed by atoms with Gasteiger partial charge in [-0.1, -0.05) is 30.3 Å². The summed E-state index contributed by atoms with van der Waals surface area (Å²) in [4.78, 5) is 26.1. The standard InChI is InChI=1S/C28H22F3N3O4/c1-33-27-19-12-21(29)22(30)13-25(19)38-16-20(27)26(32-33)28(36)34(14-17-5-3-2-4-6-17)9-10-37-24-8-7-18(15-35)11-23(24)31/h2-8,11-13,15H,9-10,14,16H2,1H3. The van der Waals surface area contributed by atoms with E-state index in [9.17, 15) is 22.8 Å². The number of hydrogen-bond donors (Lipinski definition) is 0. The third kappa shape index (κ3) is 4.84. The van der Waals surface area contributed by atoms with E-state index in [1.54, 1.807) is 7.05 Å². The second-order valence-electron chi connectivity index (χ2n) is 8.72. The average Bonchev–Trinajstić information content (AvgIpc) is 3.26. The first-order valence-corrected chi connectivity index (χ1v) is 11.7. The Morgan fingerprint density at radius 3 is 2.58 bits per heavy atom. The number of hydrogen-bond acceptors (Lipinski definition) is 5. The van der Waals surface area contributed by atoms with Crippen LogP contribution in [0, 0.1) is 17.5 Å². The maximum absolute atomic E-state index is 14.3. The molecule has 0 radical (unpaired) electrons. The molecule has 0 atom stereocenters. The quantitative estimate of drug-likeness (QED) is 0.308. The molecule has 10 heteroatoms. The predicted octanol–water partition coefficient (Wildman–Crippen LogP) is 4.93. The summed E-state index contributed by atoms with van der Waals surface area (Å²) < 4.78 is 54.7. The smallest absolute Gasteiger partial charge is 0.275 e. The molecule has 1 aliphatic heterocycles. The van der Waals surface area contributed by atoms with Crippen molar-refractivity contribution < 1.29 is 32.2 Å². The average molecular weight is 521 g/mol. The Hall–Kier alpha value is -4.60. The lowest BCUT2D eigenvalue weighted by atomic mass is 10.0. The highest BCUT2D eigenvalue weighted by molar-refractivity contribution is 5.96. The molecule has 1 amide bonds. The van der Waals surface area contributed by atoms with Crippen LogP contribution < -0.4 is 9.47 Å². The molecule has 4 aromatic rings. The summed E-state index contributed by atoms with van der Waals surface area (Å²) in [5.41, 5.74) is 2.35. The lowest BCUT2D eigenvalue weighted by Crippen LogP contribution is -2.35. The van der Waals surface area contributed by atoms with Crippen LogP contribution in [0.25, 0.3) is 11.3 Å². The molecule has 0 spiro atoms. The molecule has 1 aromatic heterocycles. The van der Waals surface area contributed by atoms with Crippen molar-refractivity contribution in [2.75, 3.05) is 13.2 Å². The Morgan fingerprint density at radius 2 is 1.84 bits per heavy atom. The Bertz CT molecular complexity index is 1520. The van der Waals surface area contributed by atoms with Crippen LogP contribution in [0.5, 0.6) is 11.5 Å². The molecule has 38 heavy (non-hydrogen) atoms. The van der Waals surface area contributed by atoms with Crippen LogP contribution in [0.4, 0.5) is 13.2 Å². The van der Waals surface area contributed by atoms with Gasteiger partial charge in [0.25, 0.3) is 5.91 Å². The number of ether oxygens (including phenoxy) is 2. The maximum Gasteiger partial charge on any atom is 0.275 e. The van der Waals surface area contributed by atoms with E-state index in [1.807, 2.05) is 30.3 Å². The second-order valence-corrected chi connectivity index (χ2v) is 8.72. The van der Waals surface area contributed by atoms with E-state index in [-0.39, 0.29) is 49.1 Å². The number of benzene rings is 3. The van der Waals surface area contributed by atoms with Gasteiger partial charge in [-0.05, 0) is 29.8 Å². The van der Waals surface area contributed by atoms with Gasteiger partial charge in [0.2, 0.25) is 0 Å². The number of fused-ring (bicyclic) bond motifs is 3. The number of carbonyl (C=O) groups is 2. The molecule has 0 bridgehead atoms. The number of nitrogens with zero attached hydrogens (tertiary/aromatic N) is 3. The molecular weight excluding hydrogens is 499 g/mol. The van der Waals surface area contributed by atoms with Gasteiger partial charge < -0.3 is 14.4 Å². The van der Waals surface area contributed by atoms with Gasteiger partial charge in [-0.25, -0.2) is 13.2 Å². The van der Waals surface area contributed by atoms with Gasteiger partial charge in [-0.3, -0.25) is 14.3 Å². The molecule has 5 rings (SSSR count). The van der Waals surface area contributed by atoms with Gasteiger partial charge >= 0.3 is 0 Å². The Morgan fingerprint density at radius 1 is 1.08 bits per heavy atom. The summed E-state index contributed by atoms with van der Waals surface area (Å²) in [6.45, 7) is 0.227. The highest BCUT2D eigenvalue weighted by Crippen LogP contribution is 2.40. The van der Waals surface area contributed by atoms with Crippen molar-refractivity contribution in [1.29, 1.82) is 0 Å². The minimum absolute atomic E-state index is 0.0330. The predicted molar refractivity (Wildman–Crippen MR) is 131 cm³/mol. The first kappa shape index (κ1) is 25.1. The molecular formula is C28H22F3N3O4. The number of carbonyl (C=O) groups excluding carboxylic acids is 2. The second kappa shape index (κ2) is 10.4. The normalized spacial score (nSPS) is 11.8. The molecule has 0 aliphatic carbocycles. The molecule has 0 saturated heterocycles. The molecule has 0 fully saturated rings. The first-order valence-electron chi connectivity index (χ1n) is 11.7. The summed E-state index contributed by atoms with van der Waals surface area (Å²) in [7, 11) is 1.61. The fourth-order valence-corrected chi connectivity index (χ4v) is 4.38. The van der Waals surface area contributed by atoms with Crippen LogP contribution in [0.2, 0.25) is 0 Å². The third-order valence-electron chi connectivity index (χ3n) is 6.21. The van der Waals surface area contributed by atoms with Crippen molar-refractivity contribution in [2.24, 2.45) is 7.05 Å². The first-order chi connectivity index (χ1) is 18.4. The van der Waals surface area contributed by atoms with E-state index in [2.05, 4.69) is 5.10 Å².